The van der Waals surface area contributed by atoms with Crippen LogP contribution in [0.1, 0.15) is 95.3 Å². The largest absolute Gasteiger partial charge is 0.349 e. The lowest BCUT2D eigenvalue weighted by atomic mass is 10.0. The van der Waals surface area contributed by atoms with Gasteiger partial charge in [-0.15, -0.1) is 12.6 Å². The molecule has 0 saturated heterocycles. The first-order valence-electron chi connectivity index (χ1n) is 12.2. The van der Waals surface area contributed by atoms with Gasteiger partial charge >= 0.3 is 0 Å². The molecule has 0 heterocycles. The number of carbonyl (C=O) groups is 1. The molecule has 32 heavy (non-hydrogen) atoms. The van der Waals surface area contributed by atoms with Crippen LogP contribution in [0, 0.1) is 0 Å². The van der Waals surface area contributed by atoms with Crippen LogP contribution in [0.2, 0.25) is 0 Å². The minimum atomic E-state index is -0.0784. The van der Waals surface area contributed by atoms with Crippen molar-refractivity contribution in [3.05, 3.63) is 64.8 Å². The fourth-order valence-corrected chi connectivity index (χ4v) is 3.82. The summed E-state index contributed by atoms with van der Waals surface area (Å²) in [5, 5.41) is 2.94. The van der Waals surface area contributed by atoms with Gasteiger partial charge in [0.25, 0.3) is 5.91 Å². The quantitative estimate of drug-likeness (QED) is 0.138. The van der Waals surface area contributed by atoms with Crippen molar-refractivity contribution in [1.82, 2.24) is 5.32 Å². The van der Waals surface area contributed by atoms with Crippen molar-refractivity contribution in [3.63, 3.8) is 0 Å². The molecule has 0 unspecified atom stereocenters. The van der Waals surface area contributed by atoms with E-state index in [0.717, 1.165) is 38.6 Å². The highest BCUT2D eigenvalue weighted by Gasteiger charge is 2.06. The Labute approximate surface area is 202 Å². The summed E-state index contributed by atoms with van der Waals surface area (Å²) in [6.45, 7) is 8.00. The maximum atomic E-state index is 12.2. The molecule has 178 valence electrons. The normalized spacial score (nSPS) is 12.8. The smallest absolute Gasteiger partial charge is 0.252 e. The van der Waals surface area contributed by atoms with Gasteiger partial charge in [-0.1, -0.05) is 66.3 Å². The van der Waals surface area contributed by atoms with E-state index < -0.39 is 0 Å². The molecule has 1 rings (SSSR count). The molecule has 0 aromatic heterocycles. The van der Waals surface area contributed by atoms with E-state index in [0.29, 0.717) is 17.0 Å². The fourth-order valence-electron chi connectivity index (χ4n) is 3.56. The summed E-state index contributed by atoms with van der Waals surface area (Å²) in [4.78, 5) is 12.9. The van der Waals surface area contributed by atoms with Crippen molar-refractivity contribution in [3.8, 4) is 0 Å². The van der Waals surface area contributed by atoms with Crippen LogP contribution in [0.15, 0.2) is 64.1 Å². The lowest BCUT2D eigenvalue weighted by molar-refractivity contribution is 0.0955. The van der Waals surface area contributed by atoms with Crippen molar-refractivity contribution in [2.24, 2.45) is 5.73 Å². The second-order valence-corrected chi connectivity index (χ2v) is 9.24. The Kier molecular flexibility index (Phi) is 15.7. The van der Waals surface area contributed by atoms with Gasteiger partial charge in [0.1, 0.15) is 0 Å². The number of hydrogen-bond acceptors (Lipinski definition) is 3. The summed E-state index contributed by atoms with van der Waals surface area (Å²) in [6, 6.07) is 7.36. The van der Waals surface area contributed by atoms with Crippen molar-refractivity contribution >= 4 is 18.5 Å². The van der Waals surface area contributed by atoms with Gasteiger partial charge in [-0.25, -0.2) is 0 Å². The SMILES string of the molecule is CC(=CCCC(C)=CCNC(=O)c1ccccc1S)CCC=C(C)CCCCCCCN. The Balaban J connectivity index is 2.20. The zero-order chi connectivity index (χ0) is 23.6. The molecular formula is C28H44N2OS. The van der Waals surface area contributed by atoms with E-state index in [1.807, 2.05) is 18.2 Å². The molecule has 0 saturated carbocycles. The zero-order valence-corrected chi connectivity index (χ0v) is 21.4. The van der Waals surface area contributed by atoms with Gasteiger partial charge in [0.15, 0.2) is 0 Å². The Morgan fingerprint density at radius 3 is 2.06 bits per heavy atom. The number of amides is 1. The third-order valence-electron chi connectivity index (χ3n) is 5.70. The molecular weight excluding hydrogens is 412 g/mol. The number of carbonyl (C=O) groups excluding carboxylic acids is 1. The van der Waals surface area contributed by atoms with Gasteiger partial charge in [0, 0.05) is 11.4 Å². The molecule has 4 heteroatoms. The maximum absolute atomic E-state index is 12.2. The lowest BCUT2D eigenvalue weighted by Crippen LogP contribution is -2.23. The number of hydrogen-bond donors (Lipinski definition) is 3. The summed E-state index contributed by atoms with van der Waals surface area (Å²) in [7, 11) is 0. The van der Waals surface area contributed by atoms with Crippen molar-refractivity contribution in [2.45, 2.75) is 89.9 Å². The van der Waals surface area contributed by atoms with E-state index in [1.54, 1.807) is 6.07 Å². The number of thiol groups is 1. The fraction of sp³-hybridized carbons (Fsp3) is 0.536. The molecule has 0 fully saturated rings. The lowest BCUT2D eigenvalue weighted by Gasteiger charge is -2.06. The van der Waals surface area contributed by atoms with E-state index in [4.69, 9.17) is 5.73 Å². The first-order valence-corrected chi connectivity index (χ1v) is 12.6. The highest BCUT2D eigenvalue weighted by atomic mass is 32.1. The van der Waals surface area contributed by atoms with Gasteiger partial charge in [-0.3, -0.25) is 4.79 Å². The molecule has 0 atom stereocenters. The predicted octanol–water partition coefficient (Wildman–Crippen LogP) is 7.40. The molecule has 0 radical (unpaired) electrons. The van der Waals surface area contributed by atoms with Crippen LogP contribution < -0.4 is 11.1 Å². The van der Waals surface area contributed by atoms with Crippen LogP contribution in [0.5, 0.6) is 0 Å². The predicted molar refractivity (Wildman–Crippen MR) is 143 cm³/mol. The average Bonchev–Trinajstić information content (AvgIpc) is 2.76. The summed E-state index contributed by atoms with van der Waals surface area (Å²) in [6.07, 6.45) is 18.8. The van der Waals surface area contributed by atoms with Crippen LogP contribution in [0.25, 0.3) is 0 Å². The van der Waals surface area contributed by atoms with Crippen LogP contribution in [0.4, 0.5) is 0 Å². The summed E-state index contributed by atoms with van der Waals surface area (Å²) < 4.78 is 0. The summed E-state index contributed by atoms with van der Waals surface area (Å²) in [5.74, 6) is -0.0784. The number of rotatable bonds is 16. The first-order chi connectivity index (χ1) is 15.4. The number of benzene rings is 1. The van der Waals surface area contributed by atoms with Gasteiger partial charge in [-0.2, -0.15) is 0 Å². The molecule has 0 aliphatic rings. The molecule has 1 amide bonds. The van der Waals surface area contributed by atoms with E-state index in [1.165, 1.54) is 48.8 Å². The van der Waals surface area contributed by atoms with Crippen molar-refractivity contribution in [2.75, 3.05) is 13.1 Å². The van der Waals surface area contributed by atoms with Crippen LogP contribution in [-0.4, -0.2) is 19.0 Å². The third-order valence-corrected chi connectivity index (χ3v) is 6.09. The molecule has 3 nitrogen and oxygen atoms in total. The van der Waals surface area contributed by atoms with E-state index in [9.17, 15) is 4.79 Å². The van der Waals surface area contributed by atoms with Crippen molar-refractivity contribution < 1.29 is 4.79 Å². The second kappa shape index (κ2) is 17.7. The molecule has 1 aromatic carbocycles. The highest BCUT2D eigenvalue weighted by molar-refractivity contribution is 7.80. The maximum Gasteiger partial charge on any atom is 0.252 e. The minimum Gasteiger partial charge on any atom is -0.349 e. The zero-order valence-electron chi connectivity index (χ0n) is 20.5. The highest BCUT2D eigenvalue weighted by Crippen LogP contribution is 2.15. The number of nitrogens with two attached hydrogens (primary N) is 1. The van der Waals surface area contributed by atoms with Crippen molar-refractivity contribution in [1.29, 1.82) is 0 Å². The van der Waals surface area contributed by atoms with Crippen LogP contribution in [0.3, 0.4) is 0 Å². The Morgan fingerprint density at radius 1 is 0.844 bits per heavy atom. The third kappa shape index (κ3) is 13.6. The monoisotopic (exact) mass is 456 g/mol. The topological polar surface area (TPSA) is 55.1 Å². The first kappa shape index (κ1) is 28.3. The van der Waals surface area contributed by atoms with E-state index >= 15 is 0 Å². The average molecular weight is 457 g/mol. The van der Waals surface area contributed by atoms with Gasteiger partial charge in [0.05, 0.1) is 5.56 Å². The Bertz CT molecular complexity index is 764. The van der Waals surface area contributed by atoms with Crippen LogP contribution in [-0.2, 0) is 0 Å². The summed E-state index contributed by atoms with van der Waals surface area (Å²) in [5.41, 5.74) is 10.4. The number of nitrogens with one attached hydrogen (secondary N) is 1. The molecule has 1 aromatic rings. The molecule has 0 aliphatic carbocycles. The summed E-state index contributed by atoms with van der Waals surface area (Å²) >= 11 is 4.34. The number of unbranched alkanes of at least 4 members (excludes halogenated alkanes) is 4. The molecule has 0 aliphatic heterocycles. The number of allylic oxidation sites excluding steroid dienone is 5. The van der Waals surface area contributed by atoms with Gasteiger partial charge in [-0.05, 0) is 84.4 Å². The molecule has 3 N–H and O–H groups in total. The Morgan fingerprint density at radius 2 is 1.41 bits per heavy atom. The van der Waals surface area contributed by atoms with E-state index in [-0.39, 0.29) is 5.91 Å². The Hall–Kier alpha value is -1.78. The van der Waals surface area contributed by atoms with E-state index in [2.05, 4.69) is 56.9 Å². The molecule has 0 bridgehead atoms. The van der Waals surface area contributed by atoms with Crippen LogP contribution >= 0.6 is 12.6 Å². The molecule has 0 spiro atoms. The standard InChI is InChI=1S/C28H44N2OS/c1-23(13-7-5-4-6-10-21-29)14-11-15-24(2)16-12-17-25(3)20-22-30-28(31)26-18-8-9-19-27(26)32/h8-9,14,16,18-20,32H,4-7,10-13,15,17,21-22,29H2,1-3H3,(H,30,31). The van der Waals surface area contributed by atoms with Gasteiger partial charge < -0.3 is 11.1 Å². The van der Waals surface area contributed by atoms with Gasteiger partial charge in [0.2, 0.25) is 0 Å². The second-order valence-electron chi connectivity index (χ2n) is 8.76. The minimum absolute atomic E-state index is 0.0784.